The predicted octanol–water partition coefficient (Wildman–Crippen LogP) is 5.22. The summed E-state index contributed by atoms with van der Waals surface area (Å²) in [6, 6.07) is 7.31. The second-order valence-electron chi connectivity index (χ2n) is 6.87. The van der Waals surface area contributed by atoms with Crippen molar-refractivity contribution in [2.24, 2.45) is 5.41 Å². The van der Waals surface area contributed by atoms with Gasteiger partial charge >= 0.3 is 0 Å². The van der Waals surface area contributed by atoms with Gasteiger partial charge in [-0.25, -0.2) is 0 Å². The van der Waals surface area contributed by atoms with Crippen molar-refractivity contribution < 1.29 is 0 Å². The molecule has 0 aromatic heterocycles. The second kappa shape index (κ2) is 5.19. The highest BCUT2D eigenvalue weighted by atomic mass is 14.9. The molecular formula is C18H27N. The first-order valence-corrected chi connectivity index (χ1v) is 8.01. The number of benzene rings is 1. The number of hydrogen-bond donors (Lipinski definition) is 1. The van der Waals surface area contributed by atoms with Crippen molar-refractivity contribution in [3.63, 3.8) is 0 Å². The fourth-order valence-electron chi connectivity index (χ4n) is 4.13. The molecule has 104 valence electrons. The molecule has 19 heavy (non-hydrogen) atoms. The first-order chi connectivity index (χ1) is 9.19. The molecule has 0 atom stereocenters. The summed E-state index contributed by atoms with van der Waals surface area (Å²) in [6.07, 6.45) is 11.6. The largest absolute Gasteiger partial charge is 0.382 e. The van der Waals surface area contributed by atoms with Crippen LogP contribution in [0.3, 0.4) is 0 Å². The van der Waals surface area contributed by atoms with E-state index in [4.69, 9.17) is 0 Å². The molecule has 2 fully saturated rings. The Hall–Kier alpha value is -0.980. The highest BCUT2D eigenvalue weighted by Gasteiger charge is 2.37. The molecule has 0 radical (unpaired) electrons. The zero-order chi connectivity index (χ0) is 13.3. The van der Waals surface area contributed by atoms with Crippen molar-refractivity contribution in [1.29, 1.82) is 0 Å². The van der Waals surface area contributed by atoms with Crippen LogP contribution in [0.15, 0.2) is 18.2 Å². The van der Waals surface area contributed by atoms with Crippen LogP contribution in [0.2, 0.25) is 0 Å². The monoisotopic (exact) mass is 257 g/mol. The Morgan fingerprint density at radius 3 is 2.37 bits per heavy atom. The van der Waals surface area contributed by atoms with Crippen molar-refractivity contribution in [2.45, 2.75) is 71.3 Å². The van der Waals surface area contributed by atoms with Crippen LogP contribution in [-0.4, -0.2) is 6.04 Å². The molecule has 2 aliphatic rings. The standard InChI is InChI=1S/C18H27N/c1-14-6-5-7-17(15(14)2)19-16-8-12-18(13-9-16)10-3-4-11-18/h5-7,16,19H,3-4,8-13H2,1-2H3. The molecule has 1 nitrogen and oxygen atoms in total. The maximum Gasteiger partial charge on any atom is 0.0374 e. The van der Waals surface area contributed by atoms with Gasteiger partial charge in [0.15, 0.2) is 0 Å². The molecular weight excluding hydrogens is 230 g/mol. The van der Waals surface area contributed by atoms with Gasteiger partial charge in [0.05, 0.1) is 0 Å². The lowest BCUT2D eigenvalue weighted by Gasteiger charge is -2.38. The van der Waals surface area contributed by atoms with Crippen LogP contribution in [0.25, 0.3) is 0 Å². The minimum absolute atomic E-state index is 0.701. The van der Waals surface area contributed by atoms with E-state index in [2.05, 4.69) is 37.4 Å². The normalized spacial score (nSPS) is 22.8. The summed E-state index contributed by atoms with van der Waals surface area (Å²) in [5, 5.41) is 3.80. The number of aryl methyl sites for hydroxylation is 1. The van der Waals surface area contributed by atoms with Gasteiger partial charge in [-0.2, -0.15) is 0 Å². The molecule has 0 aliphatic heterocycles. The van der Waals surface area contributed by atoms with Gasteiger partial charge in [-0.05, 0) is 75.0 Å². The van der Waals surface area contributed by atoms with Gasteiger partial charge in [0.25, 0.3) is 0 Å². The maximum atomic E-state index is 3.80. The minimum atomic E-state index is 0.701. The number of nitrogens with one attached hydrogen (secondary N) is 1. The first kappa shape index (κ1) is 13.0. The average molecular weight is 257 g/mol. The highest BCUT2D eigenvalue weighted by molar-refractivity contribution is 5.54. The third kappa shape index (κ3) is 2.66. The lowest BCUT2D eigenvalue weighted by molar-refractivity contribution is 0.188. The van der Waals surface area contributed by atoms with Crippen LogP contribution in [0.4, 0.5) is 5.69 Å². The zero-order valence-corrected chi connectivity index (χ0v) is 12.5. The highest BCUT2D eigenvalue weighted by Crippen LogP contribution is 2.49. The third-order valence-corrected chi connectivity index (χ3v) is 5.67. The Morgan fingerprint density at radius 1 is 1.00 bits per heavy atom. The number of anilines is 1. The van der Waals surface area contributed by atoms with Gasteiger partial charge in [0.1, 0.15) is 0 Å². The summed E-state index contributed by atoms with van der Waals surface area (Å²) < 4.78 is 0. The molecule has 1 aromatic rings. The van der Waals surface area contributed by atoms with Gasteiger partial charge in [-0.1, -0.05) is 25.0 Å². The second-order valence-corrected chi connectivity index (χ2v) is 6.87. The van der Waals surface area contributed by atoms with Crippen LogP contribution in [-0.2, 0) is 0 Å². The molecule has 2 saturated carbocycles. The van der Waals surface area contributed by atoms with Crippen molar-refractivity contribution in [2.75, 3.05) is 5.32 Å². The van der Waals surface area contributed by atoms with E-state index in [1.165, 1.54) is 68.2 Å². The molecule has 0 amide bonds. The average Bonchev–Trinajstić information content (AvgIpc) is 2.86. The van der Waals surface area contributed by atoms with Crippen LogP contribution in [0, 0.1) is 19.3 Å². The fourth-order valence-corrected chi connectivity index (χ4v) is 4.13. The first-order valence-electron chi connectivity index (χ1n) is 8.01. The predicted molar refractivity (Wildman–Crippen MR) is 82.7 cm³/mol. The lowest BCUT2D eigenvalue weighted by Crippen LogP contribution is -2.31. The Bertz CT molecular complexity index is 433. The quantitative estimate of drug-likeness (QED) is 0.766. The van der Waals surface area contributed by atoms with E-state index >= 15 is 0 Å². The maximum absolute atomic E-state index is 3.80. The van der Waals surface area contributed by atoms with Gasteiger partial charge in [-0.3, -0.25) is 0 Å². The lowest BCUT2D eigenvalue weighted by atomic mass is 9.71. The van der Waals surface area contributed by atoms with Crippen molar-refractivity contribution in [3.8, 4) is 0 Å². The molecule has 0 heterocycles. The summed E-state index contributed by atoms with van der Waals surface area (Å²) in [7, 11) is 0. The van der Waals surface area contributed by atoms with Gasteiger partial charge < -0.3 is 5.32 Å². The van der Waals surface area contributed by atoms with Crippen LogP contribution in [0.1, 0.15) is 62.5 Å². The molecule has 3 rings (SSSR count). The van der Waals surface area contributed by atoms with E-state index in [0.717, 1.165) is 5.41 Å². The summed E-state index contributed by atoms with van der Waals surface area (Å²) in [4.78, 5) is 0. The van der Waals surface area contributed by atoms with Crippen LogP contribution >= 0.6 is 0 Å². The van der Waals surface area contributed by atoms with E-state index < -0.39 is 0 Å². The van der Waals surface area contributed by atoms with Crippen molar-refractivity contribution in [3.05, 3.63) is 29.3 Å². The van der Waals surface area contributed by atoms with E-state index in [0.29, 0.717) is 6.04 Å². The topological polar surface area (TPSA) is 12.0 Å². The molecule has 1 heteroatoms. The minimum Gasteiger partial charge on any atom is -0.382 e. The van der Waals surface area contributed by atoms with Gasteiger partial charge in [0.2, 0.25) is 0 Å². The fraction of sp³-hybridized carbons (Fsp3) is 0.667. The van der Waals surface area contributed by atoms with Gasteiger partial charge in [-0.15, -0.1) is 0 Å². The molecule has 1 spiro atoms. The number of rotatable bonds is 2. The smallest absolute Gasteiger partial charge is 0.0374 e. The summed E-state index contributed by atoms with van der Waals surface area (Å²) >= 11 is 0. The van der Waals surface area contributed by atoms with Crippen molar-refractivity contribution >= 4 is 5.69 Å². The summed E-state index contributed by atoms with van der Waals surface area (Å²) in [6.45, 7) is 4.44. The van der Waals surface area contributed by atoms with Gasteiger partial charge in [0, 0.05) is 11.7 Å². The SMILES string of the molecule is Cc1cccc(NC2CCC3(CCCC3)CC2)c1C. The molecule has 2 aliphatic carbocycles. The molecule has 0 bridgehead atoms. The summed E-state index contributed by atoms with van der Waals surface area (Å²) in [5.74, 6) is 0. The molecule has 1 aromatic carbocycles. The van der Waals surface area contributed by atoms with Crippen LogP contribution in [0.5, 0.6) is 0 Å². The zero-order valence-electron chi connectivity index (χ0n) is 12.5. The van der Waals surface area contributed by atoms with E-state index in [9.17, 15) is 0 Å². The van der Waals surface area contributed by atoms with E-state index in [-0.39, 0.29) is 0 Å². The Kier molecular flexibility index (Phi) is 3.56. The Balaban J connectivity index is 1.61. The van der Waals surface area contributed by atoms with Crippen LogP contribution < -0.4 is 5.32 Å². The molecule has 0 unspecified atom stereocenters. The number of hydrogen-bond acceptors (Lipinski definition) is 1. The molecule has 1 N–H and O–H groups in total. The third-order valence-electron chi connectivity index (χ3n) is 5.67. The van der Waals surface area contributed by atoms with E-state index in [1.54, 1.807) is 0 Å². The summed E-state index contributed by atoms with van der Waals surface area (Å²) in [5.41, 5.74) is 4.92. The Labute approximate surface area is 117 Å². The van der Waals surface area contributed by atoms with Crippen molar-refractivity contribution in [1.82, 2.24) is 0 Å². The molecule has 0 saturated heterocycles. The van der Waals surface area contributed by atoms with E-state index in [1.807, 2.05) is 0 Å². The Morgan fingerprint density at radius 2 is 1.68 bits per heavy atom.